The van der Waals surface area contributed by atoms with Gasteiger partial charge in [0, 0.05) is 17.7 Å². The molecule has 0 radical (unpaired) electrons. The number of nitrogens with zero attached hydrogens (tertiary/aromatic N) is 2. The summed E-state index contributed by atoms with van der Waals surface area (Å²) in [6, 6.07) is 8.38. The topological polar surface area (TPSA) is 70.4 Å². The minimum Gasteiger partial charge on any atom is -0.360 e. The van der Waals surface area contributed by atoms with Crippen LogP contribution in [0.2, 0.25) is 0 Å². The molecule has 1 atom stereocenters. The lowest BCUT2D eigenvalue weighted by molar-refractivity contribution is 0.0953. The van der Waals surface area contributed by atoms with Crippen molar-refractivity contribution in [2.24, 2.45) is 0 Å². The van der Waals surface area contributed by atoms with Crippen molar-refractivity contribution in [2.75, 3.05) is 0 Å². The third-order valence-electron chi connectivity index (χ3n) is 5.58. The van der Waals surface area contributed by atoms with Crippen molar-refractivity contribution in [3.8, 4) is 0 Å². The summed E-state index contributed by atoms with van der Waals surface area (Å²) >= 11 is 0. The van der Waals surface area contributed by atoms with E-state index in [1.165, 1.54) is 11.1 Å². The number of hydrogen-bond donors (Lipinski definition) is 2. The first-order valence-electron chi connectivity index (χ1n) is 9.62. The first-order chi connectivity index (χ1) is 13.0. The zero-order valence-electron chi connectivity index (χ0n) is 16.1. The van der Waals surface area contributed by atoms with Gasteiger partial charge in [-0.1, -0.05) is 29.4 Å². The van der Waals surface area contributed by atoms with Gasteiger partial charge in [0.2, 0.25) is 0 Å². The van der Waals surface area contributed by atoms with Crippen LogP contribution in [0.4, 0.5) is 0 Å². The van der Waals surface area contributed by atoms with Gasteiger partial charge >= 0.3 is 0 Å². The largest absolute Gasteiger partial charge is 0.360 e. The molecule has 1 aromatic carbocycles. The standard InChI is InChI=1S/C21H26N4O2/c1-13-8-4-5-9-16(13)12-25-15(3)19(14(2)23-25)22-21(26)20-17-10-6-7-11-18(17)27-24-20/h4-5,8-9,14,23H,6-7,10-12H2,1-3H3,(H,22,26)/t14-/m0/s1. The highest BCUT2D eigenvalue weighted by atomic mass is 16.5. The van der Waals surface area contributed by atoms with Crippen molar-refractivity contribution < 1.29 is 9.32 Å². The summed E-state index contributed by atoms with van der Waals surface area (Å²) in [4.78, 5) is 12.8. The number of benzene rings is 1. The predicted octanol–water partition coefficient (Wildman–Crippen LogP) is 3.23. The number of aryl methyl sites for hydroxylation is 2. The van der Waals surface area contributed by atoms with Gasteiger partial charge in [0.05, 0.1) is 18.3 Å². The predicted molar refractivity (Wildman–Crippen MR) is 103 cm³/mol. The Kier molecular flexibility index (Phi) is 4.74. The van der Waals surface area contributed by atoms with E-state index in [1.54, 1.807) is 0 Å². The number of amides is 1. The summed E-state index contributed by atoms with van der Waals surface area (Å²) in [5.41, 5.74) is 9.29. The zero-order valence-corrected chi connectivity index (χ0v) is 16.1. The van der Waals surface area contributed by atoms with E-state index in [0.29, 0.717) is 5.69 Å². The maximum Gasteiger partial charge on any atom is 0.277 e. The van der Waals surface area contributed by atoms with Crippen LogP contribution in [0.1, 0.15) is 59.6 Å². The normalized spacial score (nSPS) is 19.4. The Hall–Kier alpha value is -2.60. The Morgan fingerprint density at radius 2 is 2.07 bits per heavy atom. The molecule has 0 unspecified atom stereocenters. The van der Waals surface area contributed by atoms with Gasteiger partial charge in [-0.15, -0.1) is 0 Å². The maximum absolute atomic E-state index is 12.8. The van der Waals surface area contributed by atoms with Gasteiger partial charge in [0.15, 0.2) is 5.69 Å². The first-order valence-corrected chi connectivity index (χ1v) is 9.62. The second-order valence-corrected chi connectivity index (χ2v) is 7.46. The fraction of sp³-hybridized carbons (Fsp3) is 0.429. The summed E-state index contributed by atoms with van der Waals surface area (Å²) in [6.07, 6.45) is 3.92. The Morgan fingerprint density at radius 3 is 2.89 bits per heavy atom. The molecule has 0 bridgehead atoms. The van der Waals surface area contributed by atoms with Gasteiger partial charge in [-0.05, 0) is 51.2 Å². The molecule has 2 heterocycles. The number of allylic oxidation sites excluding steroid dienone is 1. The van der Waals surface area contributed by atoms with Gasteiger partial charge in [-0.3, -0.25) is 4.79 Å². The van der Waals surface area contributed by atoms with Crippen molar-refractivity contribution in [1.29, 1.82) is 0 Å². The Bertz CT molecular complexity index is 899. The van der Waals surface area contributed by atoms with E-state index in [0.717, 1.165) is 54.9 Å². The number of aromatic nitrogens is 1. The van der Waals surface area contributed by atoms with Crippen LogP contribution in [0.25, 0.3) is 0 Å². The van der Waals surface area contributed by atoms with Crippen LogP contribution in [-0.2, 0) is 19.4 Å². The molecule has 0 fully saturated rings. The van der Waals surface area contributed by atoms with E-state index in [9.17, 15) is 4.79 Å². The highest BCUT2D eigenvalue weighted by molar-refractivity contribution is 5.95. The van der Waals surface area contributed by atoms with Crippen LogP contribution in [0.3, 0.4) is 0 Å². The molecule has 0 saturated carbocycles. The number of rotatable bonds is 4. The van der Waals surface area contributed by atoms with Crippen molar-refractivity contribution in [3.63, 3.8) is 0 Å². The fourth-order valence-electron chi connectivity index (χ4n) is 3.92. The van der Waals surface area contributed by atoms with Crippen LogP contribution >= 0.6 is 0 Å². The lowest BCUT2D eigenvalue weighted by atomic mass is 9.96. The summed E-state index contributed by atoms with van der Waals surface area (Å²) < 4.78 is 5.39. The molecule has 1 aromatic heterocycles. The van der Waals surface area contributed by atoms with Crippen LogP contribution in [-0.4, -0.2) is 22.1 Å². The molecular weight excluding hydrogens is 340 g/mol. The van der Waals surface area contributed by atoms with Crippen LogP contribution in [0.5, 0.6) is 0 Å². The van der Waals surface area contributed by atoms with E-state index in [-0.39, 0.29) is 11.9 Å². The van der Waals surface area contributed by atoms with Crippen molar-refractivity contribution >= 4 is 5.91 Å². The number of fused-ring (bicyclic) bond motifs is 1. The van der Waals surface area contributed by atoms with E-state index in [2.05, 4.69) is 53.0 Å². The first kappa shape index (κ1) is 17.8. The molecule has 1 aliphatic carbocycles. The van der Waals surface area contributed by atoms with Gasteiger partial charge in [-0.25, -0.2) is 5.43 Å². The van der Waals surface area contributed by atoms with E-state index in [4.69, 9.17) is 4.52 Å². The number of nitrogens with one attached hydrogen (secondary N) is 2. The SMILES string of the molecule is CC1=C(NC(=O)c2noc3c2CCCC3)[C@H](C)NN1Cc1ccccc1C. The highest BCUT2D eigenvalue weighted by Crippen LogP contribution is 2.26. The molecule has 4 rings (SSSR count). The van der Waals surface area contributed by atoms with E-state index >= 15 is 0 Å². The molecule has 142 valence electrons. The molecule has 27 heavy (non-hydrogen) atoms. The summed E-state index contributed by atoms with van der Waals surface area (Å²) in [5, 5.41) is 9.22. The van der Waals surface area contributed by atoms with Crippen molar-refractivity contribution in [2.45, 2.75) is 59.0 Å². The van der Waals surface area contributed by atoms with Gasteiger partial charge < -0.3 is 14.8 Å². The summed E-state index contributed by atoms with van der Waals surface area (Å²) in [6.45, 7) is 6.95. The maximum atomic E-state index is 12.8. The third kappa shape index (κ3) is 3.37. The molecular formula is C21H26N4O2. The lowest BCUT2D eigenvalue weighted by Crippen LogP contribution is -2.37. The Labute approximate surface area is 159 Å². The third-order valence-corrected chi connectivity index (χ3v) is 5.58. The smallest absolute Gasteiger partial charge is 0.277 e. The molecule has 6 nitrogen and oxygen atoms in total. The summed E-state index contributed by atoms with van der Waals surface area (Å²) in [5.74, 6) is 0.693. The minimum atomic E-state index is -0.178. The van der Waals surface area contributed by atoms with Crippen molar-refractivity contribution in [3.05, 3.63) is 63.8 Å². The number of hydrazine groups is 1. The van der Waals surface area contributed by atoms with Crippen LogP contribution in [0.15, 0.2) is 40.2 Å². The fourth-order valence-corrected chi connectivity index (χ4v) is 3.92. The average molecular weight is 366 g/mol. The molecule has 0 spiro atoms. The van der Waals surface area contributed by atoms with Crippen LogP contribution in [0, 0.1) is 6.92 Å². The van der Waals surface area contributed by atoms with E-state index in [1.807, 2.05) is 13.0 Å². The molecule has 2 N–H and O–H groups in total. The van der Waals surface area contributed by atoms with Gasteiger partial charge in [-0.2, -0.15) is 0 Å². The van der Waals surface area contributed by atoms with E-state index < -0.39 is 0 Å². The number of hydrogen-bond acceptors (Lipinski definition) is 5. The molecule has 0 saturated heterocycles. The average Bonchev–Trinajstić information content (AvgIpc) is 3.20. The Balaban J connectivity index is 1.52. The number of carbonyl (C=O) groups is 1. The molecule has 1 amide bonds. The highest BCUT2D eigenvalue weighted by Gasteiger charge is 2.30. The van der Waals surface area contributed by atoms with Crippen LogP contribution < -0.4 is 10.7 Å². The second-order valence-electron chi connectivity index (χ2n) is 7.46. The number of carbonyl (C=O) groups excluding carboxylic acids is 1. The molecule has 1 aliphatic heterocycles. The second kappa shape index (κ2) is 7.19. The molecule has 2 aliphatic rings. The van der Waals surface area contributed by atoms with Crippen molar-refractivity contribution in [1.82, 2.24) is 20.9 Å². The Morgan fingerprint density at radius 1 is 1.30 bits per heavy atom. The monoisotopic (exact) mass is 366 g/mol. The molecule has 6 heteroatoms. The minimum absolute atomic E-state index is 0.0284. The molecule has 2 aromatic rings. The lowest BCUT2D eigenvalue weighted by Gasteiger charge is -2.22. The quantitative estimate of drug-likeness (QED) is 0.869. The zero-order chi connectivity index (χ0) is 19.0. The van der Waals surface area contributed by atoms with Gasteiger partial charge in [0.1, 0.15) is 5.76 Å². The summed E-state index contributed by atoms with van der Waals surface area (Å²) in [7, 11) is 0. The van der Waals surface area contributed by atoms with Gasteiger partial charge in [0.25, 0.3) is 5.91 Å².